The summed E-state index contributed by atoms with van der Waals surface area (Å²) in [6.45, 7) is 0. The van der Waals surface area contributed by atoms with Crippen molar-refractivity contribution in [2.24, 2.45) is 0 Å². The topological polar surface area (TPSA) is 85.2 Å². The van der Waals surface area contributed by atoms with E-state index in [0.717, 1.165) is 0 Å². The fraction of sp³-hybridized carbons (Fsp3) is 0.385. The molecule has 0 aliphatic carbocycles. The smallest absolute Gasteiger partial charge is 0.236 e. The molecule has 0 aliphatic rings. The Kier molecular flexibility index (Phi) is 5.16. The van der Waals surface area contributed by atoms with Gasteiger partial charge in [0.15, 0.2) is 6.17 Å². The quantitative estimate of drug-likeness (QED) is 0.785. The molecule has 2 aromatic rings. The Morgan fingerprint density at radius 2 is 2.27 bits per heavy atom. The highest BCUT2D eigenvalue weighted by Crippen LogP contribution is 2.31. The van der Waals surface area contributed by atoms with Gasteiger partial charge in [0.05, 0.1) is 7.11 Å². The van der Waals surface area contributed by atoms with Crippen molar-refractivity contribution < 1.29 is 9.53 Å². The van der Waals surface area contributed by atoms with Crippen LogP contribution in [0.5, 0.6) is 5.88 Å². The lowest BCUT2D eigenvalue weighted by Crippen LogP contribution is -2.36. The minimum atomic E-state index is -0.630. The second-order valence-corrected chi connectivity index (χ2v) is 4.87. The van der Waals surface area contributed by atoms with Crippen LogP contribution >= 0.6 is 11.6 Å². The summed E-state index contributed by atoms with van der Waals surface area (Å²) in [5.41, 5.74) is 0.595. The molecule has 0 spiro atoms. The number of aromatic nitrogens is 4. The third-order valence-corrected chi connectivity index (χ3v) is 3.17. The number of anilines is 1. The molecule has 1 amide bonds. The molecule has 118 valence electrons. The van der Waals surface area contributed by atoms with Crippen LogP contribution in [-0.2, 0) is 4.79 Å². The van der Waals surface area contributed by atoms with Gasteiger partial charge in [-0.15, -0.1) is 11.6 Å². The van der Waals surface area contributed by atoms with Gasteiger partial charge in [0.25, 0.3) is 0 Å². The van der Waals surface area contributed by atoms with Gasteiger partial charge in [0.2, 0.25) is 11.8 Å². The van der Waals surface area contributed by atoms with Gasteiger partial charge < -0.3 is 15.0 Å². The molecule has 0 fully saturated rings. The summed E-state index contributed by atoms with van der Waals surface area (Å²) < 4.78 is 6.91. The molecular formula is C13H17ClN6O2. The van der Waals surface area contributed by atoms with Crippen LogP contribution in [0.4, 0.5) is 5.82 Å². The zero-order valence-corrected chi connectivity index (χ0v) is 13.3. The lowest BCUT2D eigenvalue weighted by Gasteiger charge is -2.25. The van der Waals surface area contributed by atoms with Crippen molar-refractivity contribution in [2.45, 2.75) is 6.17 Å². The summed E-state index contributed by atoms with van der Waals surface area (Å²) in [4.78, 5) is 22.0. The molecule has 8 nitrogen and oxygen atoms in total. The SMILES string of the molecule is COc1ncnc(N(C)C)c1C(NC(=O)CCl)n1cccn1. The molecule has 1 unspecified atom stereocenters. The van der Waals surface area contributed by atoms with Gasteiger partial charge in [-0.2, -0.15) is 5.10 Å². The van der Waals surface area contributed by atoms with Gasteiger partial charge in [-0.25, -0.2) is 14.6 Å². The Morgan fingerprint density at radius 3 is 2.82 bits per heavy atom. The predicted octanol–water partition coefficient (Wildman–Crippen LogP) is 0.650. The average Bonchev–Trinajstić information content (AvgIpc) is 3.05. The van der Waals surface area contributed by atoms with Crippen LogP contribution in [0.25, 0.3) is 0 Å². The Hall–Kier alpha value is -2.35. The van der Waals surface area contributed by atoms with Gasteiger partial charge in [-0.1, -0.05) is 0 Å². The van der Waals surface area contributed by atoms with E-state index >= 15 is 0 Å². The average molecular weight is 325 g/mol. The Bertz CT molecular complexity index is 631. The maximum absolute atomic E-state index is 11.8. The lowest BCUT2D eigenvalue weighted by atomic mass is 10.2. The van der Waals surface area contributed by atoms with E-state index in [2.05, 4.69) is 20.4 Å². The van der Waals surface area contributed by atoms with Crippen LogP contribution in [0.3, 0.4) is 0 Å². The van der Waals surface area contributed by atoms with Gasteiger partial charge in [0, 0.05) is 26.5 Å². The summed E-state index contributed by atoms with van der Waals surface area (Å²) >= 11 is 5.61. The summed E-state index contributed by atoms with van der Waals surface area (Å²) in [5, 5.41) is 6.98. The standard InChI is InChI=1S/C13H17ClN6O2/c1-19(2)11-10(13(22-3)16-8-15-11)12(18-9(21)7-14)20-6-4-5-17-20/h4-6,8,12H,7H2,1-3H3,(H,18,21). The number of amides is 1. The molecule has 0 aliphatic heterocycles. The van der Waals surface area contributed by atoms with Crippen LogP contribution in [-0.4, -0.2) is 52.7 Å². The Morgan fingerprint density at radius 1 is 1.50 bits per heavy atom. The summed E-state index contributed by atoms with van der Waals surface area (Å²) in [7, 11) is 5.19. The number of hydrogen-bond donors (Lipinski definition) is 1. The minimum Gasteiger partial charge on any atom is -0.481 e. The first kappa shape index (κ1) is 16.0. The van der Waals surface area contributed by atoms with Gasteiger partial charge in [0.1, 0.15) is 23.6 Å². The number of carbonyl (C=O) groups is 1. The number of halogens is 1. The van der Waals surface area contributed by atoms with E-state index in [9.17, 15) is 4.79 Å². The molecule has 0 saturated carbocycles. The van der Waals surface area contributed by atoms with Gasteiger partial charge in [-0.05, 0) is 6.07 Å². The number of hydrogen-bond acceptors (Lipinski definition) is 6. The number of nitrogens with one attached hydrogen (secondary N) is 1. The minimum absolute atomic E-state index is 0.162. The van der Waals surface area contributed by atoms with E-state index in [1.165, 1.54) is 13.4 Å². The molecule has 0 radical (unpaired) electrons. The normalized spacial score (nSPS) is 11.8. The Balaban J connectivity index is 2.58. The number of methoxy groups -OCH3 is 1. The monoisotopic (exact) mass is 324 g/mol. The Labute approximate surface area is 133 Å². The molecule has 9 heteroatoms. The van der Waals surface area contributed by atoms with E-state index in [4.69, 9.17) is 16.3 Å². The van der Waals surface area contributed by atoms with E-state index in [0.29, 0.717) is 17.3 Å². The predicted molar refractivity (Wildman–Crippen MR) is 82.1 cm³/mol. The second kappa shape index (κ2) is 7.08. The summed E-state index contributed by atoms with van der Waals surface area (Å²) in [6, 6.07) is 1.76. The van der Waals surface area contributed by atoms with Gasteiger partial charge in [-0.3, -0.25) is 4.79 Å². The van der Waals surface area contributed by atoms with Crippen LogP contribution in [0, 0.1) is 0 Å². The van der Waals surface area contributed by atoms with Crippen LogP contribution in [0.2, 0.25) is 0 Å². The molecule has 1 N–H and O–H groups in total. The molecule has 1 atom stereocenters. The molecule has 2 aromatic heterocycles. The molecule has 2 rings (SSSR count). The summed E-state index contributed by atoms with van der Waals surface area (Å²) in [6.07, 6.45) is 4.12. The number of nitrogens with zero attached hydrogens (tertiary/aromatic N) is 5. The highest BCUT2D eigenvalue weighted by atomic mass is 35.5. The summed E-state index contributed by atoms with van der Waals surface area (Å²) in [5.74, 6) is 0.472. The molecule has 22 heavy (non-hydrogen) atoms. The van der Waals surface area contributed by atoms with Crippen molar-refractivity contribution >= 4 is 23.3 Å². The van der Waals surface area contributed by atoms with Crippen molar-refractivity contribution in [3.63, 3.8) is 0 Å². The van der Waals surface area contributed by atoms with Crippen LogP contribution < -0.4 is 15.0 Å². The maximum atomic E-state index is 11.8. The van der Waals surface area contributed by atoms with Gasteiger partial charge >= 0.3 is 0 Å². The first-order chi connectivity index (χ1) is 10.6. The largest absolute Gasteiger partial charge is 0.481 e. The zero-order chi connectivity index (χ0) is 16.1. The van der Waals surface area contributed by atoms with E-state index < -0.39 is 6.17 Å². The third-order valence-electron chi connectivity index (χ3n) is 2.93. The van der Waals surface area contributed by atoms with Crippen LogP contribution in [0.15, 0.2) is 24.8 Å². The number of alkyl halides is 1. The number of carbonyl (C=O) groups excluding carboxylic acids is 1. The molecular weight excluding hydrogens is 308 g/mol. The van der Waals surface area contributed by atoms with E-state index in [1.807, 2.05) is 19.0 Å². The molecule has 2 heterocycles. The van der Waals surface area contributed by atoms with Crippen molar-refractivity contribution in [1.29, 1.82) is 0 Å². The fourth-order valence-electron chi connectivity index (χ4n) is 2.02. The van der Waals surface area contributed by atoms with Crippen molar-refractivity contribution in [3.8, 4) is 5.88 Å². The number of ether oxygens (including phenoxy) is 1. The maximum Gasteiger partial charge on any atom is 0.236 e. The molecule has 0 aromatic carbocycles. The van der Waals surface area contributed by atoms with Crippen molar-refractivity contribution in [1.82, 2.24) is 25.1 Å². The third kappa shape index (κ3) is 3.28. The fourth-order valence-corrected chi connectivity index (χ4v) is 2.10. The zero-order valence-electron chi connectivity index (χ0n) is 12.5. The highest BCUT2D eigenvalue weighted by Gasteiger charge is 2.26. The second-order valence-electron chi connectivity index (χ2n) is 4.60. The van der Waals surface area contributed by atoms with E-state index in [-0.39, 0.29) is 11.8 Å². The highest BCUT2D eigenvalue weighted by molar-refractivity contribution is 6.27. The molecule has 0 saturated heterocycles. The van der Waals surface area contributed by atoms with E-state index in [1.54, 1.807) is 23.1 Å². The van der Waals surface area contributed by atoms with Crippen LogP contribution in [0.1, 0.15) is 11.7 Å². The van der Waals surface area contributed by atoms with Crippen molar-refractivity contribution in [2.75, 3.05) is 32.0 Å². The first-order valence-corrected chi connectivity index (χ1v) is 7.02. The lowest BCUT2D eigenvalue weighted by molar-refractivity contribution is -0.119. The first-order valence-electron chi connectivity index (χ1n) is 6.49. The molecule has 0 bridgehead atoms. The number of rotatable bonds is 6. The van der Waals surface area contributed by atoms with Crippen molar-refractivity contribution in [3.05, 3.63) is 30.4 Å².